The summed E-state index contributed by atoms with van der Waals surface area (Å²) in [6, 6.07) is 0. The van der Waals surface area contributed by atoms with Gasteiger partial charge in [0, 0.05) is 19.3 Å². The maximum atomic E-state index is 12.7. The molecule has 314 valence electrons. The number of carbonyl (C=O) groups excluding carboxylic acids is 3. The van der Waals surface area contributed by atoms with E-state index in [1.165, 1.54) is 148 Å². The van der Waals surface area contributed by atoms with Crippen LogP contribution < -0.4 is 0 Å². The van der Waals surface area contributed by atoms with Crippen molar-refractivity contribution in [2.24, 2.45) is 5.92 Å². The van der Waals surface area contributed by atoms with Crippen LogP contribution in [-0.2, 0) is 28.6 Å². The number of carbonyl (C=O) groups is 3. The van der Waals surface area contributed by atoms with Gasteiger partial charge in [-0.2, -0.15) is 0 Å². The summed E-state index contributed by atoms with van der Waals surface area (Å²) in [7, 11) is 0. The van der Waals surface area contributed by atoms with Gasteiger partial charge in [-0.1, -0.05) is 220 Å². The minimum Gasteiger partial charge on any atom is -0.462 e. The molecule has 0 aliphatic heterocycles. The fraction of sp³-hybridized carbons (Fsp3) is 0.936. The van der Waals surface area contributed by atoms with E-state index in [0.717, 1.165) is 70.1 Å². The topological polar surface area (TPSA) is 78.9 Å². The number of hydrogen-bond acceptors (Lipinski definition) is 6. The molecule has 0 saturated heterocycles. The normalized spacial score (nSPS) is 12.5. The van der Waals surface area contributed by atoms with Crippen molar-refractivity contribution in [1.82, 2.24) is 0 Å². The van der Waals surface area contributed by atoms with E-state index in [-0.39, 0.29) is 31.1 Å². The maximum Gasteiger partial charge on any atom is 0.306 e. The molecule has 2 atom stereocenters. The minimum absolute atomic E-state index is 0.0648. The van der Waals surface area contributed by atoms with Gasteiger partial charge >= 0.3 is 17.9 Å². The zero-order chi connectivity index (χ0) is 38.9. The van der Waals surface area contributed by atoms with Crippen LogP contribution in [0.5, 0.6) is 0 Å². The van der Waals surface area contributed by atoms with E-state index >= 15 is 0 Å². The third-order valence-corrected chi connectivity index (χ3v) is 10.9. The number of unbranched alkanes of at least 4 members (excludes halogenated alkanes) is 28. The zero-order valence-corrected chi connectivity index (χ0v) is 36.0. The summed E-state index contributed by atoms with van der Waals surface area (Å²) in [6.45, 7) is 8.95. The third-order valence-electron chi connectivity index (χ3n) is 10.9. The number of esters is 3. The van der Waals surface area contributed by atoms with E-state index in [1.54, 1.807) is 0 Å². The Morgan fingerprint density at radius 3 is 0.981 bits per heavy atom. The average molecular weight is 751 g/mol. The van der Waals surface area contributed by atoms with Gasteiger partial charge in [0.2, 0.25) is 0 Å². The quantitative estimate of drug-likeness (QED) is 0.0351. The SMILES string of the molecule is CCCCCCCCCCCCCCCCCCC(=O)O[C@H](COC(=O)CCCCCCC)COC(=O)CCCCCCCCCCCCC(C)CC. The van der Waals surface area contributed by atoms with Crippen molar-refractivity contribution in [3.05, 3.63) is 0 Å². The van der Waals surface area contributed by atoms with Crippen LogP contribution in [0.4, 0.5) is 0 Å². The first-order valence-corrected chi connectivity index (χ1v) is 23.4. The second-order valence-electron chi connectivity index (χ2n) is 16.3. The number of ether oxygens (including phenoxy) is 3. The lowest BCUT2D eigenvalue weighted by atomic mass is 9.99. The zero-order valence-electron chi connectivity index (χ0n) is 36.0. The summed E-state index contributed by atoms with van der Waals surface area (Å²) in [5.74, 6) is 0.00358. The van der Waals surface area contributed by atoms with Crippen molar-refractivity contribution < 1.29 is 28.6 Å². The van der Waals surface area contributed by atoms with Crippen molar-refractivity contribution in [3.63, 3.8) is 0 Å². The Morgan fingerprint density at radius 2 is 0.660 bits per heavy atom. The van der Waals surface area contributed by atoms with Gasteiger partial charge in [-0.15, -0.1) is 0 Å². The van der Waals surface area contributed by atoms with Crippen molar-refractivity contribution in [2.45, 2.75) is 265 Å². The van der Waals surface area contributed by atoms with Gasteiger partial charge in [-0.25, -0.2) is 0 Å². The molecule has 0 radical (unpaired) electrons. The molecule has 0 aliphatic carbocycles. The molecular weight excluding hydrogens is 661 g/mol. The number of rotatable bonds is 42. The molecule has 0 heterocycles. The first-order chi connectivity index (χ1) is 25.9. The average Bonchev–Trinajstić information content (AvgIpc) is 3.15. The molecule has 1 unspecified atom stereocenters. The highest BCUT2D eigenvalue weighted by Crippen LogP contribution is 2.17. The lowest BCUT2D eigenvalue weighted by molar-refractivity contribution is -0.167. The molecule has 0 aliphatic rings. The monoisotopic (exact) mass is 751 g/mol. The van der Waals surface area contributed by atoms with E-state index < -0.39 is 6.10 Å². The van der Waals surface area contributed by atoms with Crippen molar-refractivity contribution >= 4 is 17.9 Å². The lowest BCUT2D eigenvalue weighted by Crippen LogP contribution is -2.30. The van der Waals surface area contributed by atoms with E-state index in [9.17, 15) is 14.4 Å². The van der Waals surface area contributed by atoms with Gasteiger partial charge in [-0.3, -0.25) is 14.4 Å². The van der Waals surface area contributed by atoms with E-state index in [4.69, 9.17) is 14.2 Å². The molecule has 6 nitrogen and oxygen atoms in total. The van der Waals surface area contributed by atoms with Crippen LogP contribution in [0.25, 0.3) is 0 Å². The molecule has 0 spiro atoms. The predicted octanol–water partition coefficient (Wildman–Crippen LogP) is 14.7. The molecular formula is C47H90O6. The summed E-state index contributed by atoms with van der Waals surface area (Å²) < 4.78 is 16.6. The smallest absolute Gasteiger partial charge is 0.306 e. The van der Waals surface area contributed by atoms with Gasteiger partial charge in [0.05, 0.1) is 0 Å². The summed E-state index contributed by atoms with van der Waals surface area (Å²) in [6.07, 6.45) is 41.1. The minimum atomic E-state index is -0.758. The predicted molar refractivity (Wildman–Crippen MR) is 224 cm³/mol. The van der Waals surface area contributed by atoms with E-state index in [0.29, 0.717) is 19.3 Å². The van der Waals surface area contributed by atoms with Crippen LogP contribution in [0.1, 0.15) is 259 Å². The molecule has 0 aromatic heterocycles. The van der Waals surface area contributed by atoms with Crippen LogP contribution in [-0.4, -0.2) is 37.2 Å². The van der Waals surface area contributed by atoms with Gasteiger partial charge in [0.15, 0.2) is 6.10 Å². The highest BCUT2D eigenvalue weighted by Gasteiger charge is 2.19. The Hall–Kier alpha value is -1.59. The maximum absolute atomic E-state index is 12.7. The molecule has 0 fully saturated rings. The van der Waals surface area contributed by atoms with Crippen molar-refractivity contribution in [1.29, 1.82) is 0 Å². The highest BCUT2D eigenvalue weighted by atomic mass is 16.6. The van der Waals surface area contributed by atoms with Crippen molar-refractivity contribution in [2.75, 3.05) is 13.2 Å². The fourth-order valence-electron chi connectivity index (χ4n) is 6.95. The number of hydrogen-bond donors (Lipinski definition) is 0. The van der Waals surface area contributed by atoms with Crippen LogP contribution in [0.15, 0.2) is 0 Å². The fourth-order valence-corrected chi connectivity index (χ4v) is 6.95. The Bertz CT molecular complexity index is 798. The lowest BCUT2D eigenvalue weighted by Gasteiger charge is -2.18. The summed E-state index contributed by atoms with van der Waals surface area (Å²) in [5.41, 5.74) is 0. The molecule has 0 amide bonds. The summed E-state index contributed by atoms with van der Waals surface area (Å²) in [4.78, 5) is 37.5. The van der Waals surface area contributed by atoms with Crippen LogP contribution in [0, 0.1) is 5.92 Å². The van der Waals surface area contributed by atoms with Crippen LogP contribution >= 0.6 is 0 Å². The Balaban J connectivity index is 4.17. The molecule has 0 saturated carbocycles. The molecule has 53 heavy (non-hydrogen) atoms. The molecule has 0 bridgehead atoms. The standard InChI is InChI=1S/C47H90O6/c1-5-8-10-12-13-14-15-16-17-18-19-20-25-28-32-36-40-47(50)53-44(41-51-45(48)38-34-29-11-9-6-2)42-52-46(49)39-35-31-27-24-22-21-23-26-30-33-37-43(4)7-3/h43-44H,5-42H2,1-4H3/t43?,44-/m1/s1. The first-order valence-electron chi connectivity index (χ1n) is 23.4. The highest BCUT2D eigenvalue weighted by molar-refractivity contribution is 5.71. The third kappa shape index (κ3) is 39.9. The van der Waals surface area contributed by atoms with E-state index in [2.05, 4.69) is 27.7 Å². The van der Waals surface area contributed by atoms with Gasteiger partial charge in [0.25, 0.3) is 0 Å². The Labute approximate surface area is 329 Å². The Kier molecular flexibility index (Phi) is 40.3. The van der Waals surface area contributed by atoms with Gasteiger partial charge in [0.1, 0.15) is 13.2 Å². The molecule has 0 N–H and O–H groups in total. The summed E-state index contributed by atoms with van der Waals surface area (Å²) >= 11 is 0. The second kappa shape index (κ2) is 41.6. The van der Waals surface area contributed by atoms with E-state index in [1.807, 2.05) is 0 Å². The van der Waals surface area contributed by atoms with Crippen LogP contribution in [0.2, 0.25) is 0 Å². The van der Waals surface area contributed by atoms with Crippen LogP contribution in [0.3, 0.4) is 0 Å². The summed E-state index contributed by atoms with van der Waals surface area (Å²) in [5, 5.41) is 0. The first kappa shape index (κ1) is 51.4. The molecule has 0 aromatic carbocycles. The van der Waals surface area contributed by atoms with Crippen molar-refractivity contribution in [3.8, 4) is 0 Å². The van der Waals surface area contributed by atoms with Gasteiger partial charge < -0.3 is 14.2 Å². The Morgan fingerprint density at radius 1 is 0.377 bits per heavy atom. The second-order valence-corrected chi connectivity index (χ2v) is 16.3. The molecule has 0 rings (SSSR count). The largest absolute Gasteiger partial charge is 0.462 e. The molecule has 6 heteroatoms. The molecule has 0 aromatic rings. The van der Waals surface area contributed by atoms with Gasteiger partial charge in [-0.05, 0) is 25.2 Å².